The molecule has 0 aromatic heterocycles. The maximum atomic E-state index is 13.0. The summed E-state index contributed by atoms with van der Waals surface area (Å²) in [4.78, 5) is 12.2. The van der Waals surface area contributed by atoms with E-state index in [2.05, 4.69) is 0 Å². The van der Waals surface area contributed by atoms with Crippen LogP contribution in [0.3, 0.4) is 0 Å². The van der Waals surface area contributed by atoms with Gasteiger partial charge in [0, 0.05) is 19.4 Å². The monoisotopic (exact) mass is 271 g/mol. The van der Waals surface area contributed by atoms with Gasteiger partial charge >= 0.3 is 0 Å². The summed E-state index contributed by atoms with van der Waals surface area (Å²) in [5.74, 6) is -0.159. The van der Waals surface area contributed by atoms with Gasteiger partial charge in [0.2, 0.25) is 0 Å². The quantitative estimate of drug-likeness (QED) is 0.908. The maximum Gasteiger partial charge on any atom is 0.141 e. The number of hydrogen-bond acceptors (Lipinski definition) is 2. The molecule has 2 N–H and O–H groups in total. The summed E-state index contributed by atoms with van der Waals surface area (Å²) in [5.41, 5.74) is 9.32. The molecule has 0 aliphatic rings. The van der Waals surface area contributed by atoms with Gasteiger partial charge in [-0.25, -0.2) is 4.39 Å². The second kappa shape index (κ2) is 6.44. The van der Waals surface area contributed by atoms with Gasteiger partial charge in [0.25, 0.3) is 0 Å². The van der Waals surface area contributed by atoms with Crippen molar-refractivity contribution in [2.24, 2.45) is 5.73 Å². The Balaban J connectivity index is 2.09. The van der Waals surface area contributed by atoms with E-state index in [9.17, 15) is 9.18 Å². The fraction of sp³-hybridized carbons (Fsp3) is 0.235. The van der Waals surface area contributed by atoms with Gasteiger partial charge in [-0.3, -0.25) is 4.79 Å². The van der Waals surface area contributed by atoms with Crippen LogP contribution < -0.4 is 5.73 Å². The smallest absolute Gasteiger partial charge is 0.141 e. The lowest BCUT2D eigenvalue weighted by molar-refractivity contribution is -0.117. The van der Waals surface area contributed by atoms with Gasteiger partial charge in [0.05, 0.1) is 0 Å². The second-order valence-corrected chi connectivity index (χ2v) is 4.94. The second-order valence-electron chi connectivity index (χ2n) is 4.94. The molecule has 0 saturated carbocycles. The minimum Gasteiger partial charge on any atom is -0.326 e. The Morgan fingerprint density at radius 1 is 1.05 bits per heavy atom. The highest BCUT2D eigenvalue weighted by Gasteiger charge is 2.10. The lowest BCUT2D eigenvalue weighted by Crippen LogP contribution is -2.10. The van der Waals surface area contributed by atoms with Crippen molar-refractivity contribution in [1.29, 1.82) is 0 Å². The van der Waals surface area contributed by atoms with E-state index < -0.39 is 0 Å². The van der Waals surface area contributed by atoms with E-state index in [-0.39, 0.29) is 11.6 Å². The summed E-state index contributed by atoms with van der Waals surface area (Å²) in [6.45, 7) is 2.25. The standard InChI is InChI=1S/C17H18FNO/c1-12-8-16(18)7-6-13(12)9-17(20)10-14-4-2-3-5-15(14)11-19/h2-8H,9-11,19H2,1H3. The van der Waals surface area contributed by atoms with Crippen LogP contribution >= 0.6 is 0 Å². The van der Waals surface area contributed by atoms with Crippen LogP contribution in [0.2, 0.25) is 0 Å². The number of halogens is 1. The Labute approximate surface area is 118 Å². The minimum absolute atomic E-state index is 0.112. The van der Waals surface area contributed by atoms with Crippen LogP contribution in [0.5, 0.6) is 0 Å². The molecule has 0 amide bonds. The highest BCUT2D eigenvalue weighted by molar-refractivity contribution is 5.83. The first-order valence-electron chi connectivity index (χ1n) is 6.63. The molecular weight excluding hydrogens is 253 g/mol. The Morgan fingerprint density at radius 2 is 1.70 bits per heavy atom. The molecule has 0 radical (unpaired) electrons. The van der Waals surface area contributed by atoms with Gasteiger partial charge in [-0.2, -0.15) is 0 Å². The number of carbonyl (C=O) groups excluding carboxylic acids is 1. The van der Waals surface area contributed by atoms with Crippen molar-refractivity contribution in [3.05, 3.63) is 70.5 Å². The molecule has 0 spiro atoms. The number of Topliss-reactive ketones (excluding diaryl/α,β-unsaturated/α-hetero) is 1. The Kier molecular flexibility index (Phi) is 4.64. The zero-order valence-corrected chi connectivity index (χ0v) is 11.5. The first-order chi connectivity index (χ1) is 9.60. The number of rotatable bonds is 5. The summed E-state index contributed by atoms with van der Waals surface area (Å²) in [7, 11) is 0. The largest absolute Gasteiger partial charge is 0.326 e. The summed E-state index contributed by atoms with van der Waals surface area (Å²) >= 11 is 0. The van der Waals surface area contributed by atoms with Crippen molar-refractivity contribution >= 4 is 5.78 Å². The van der Waals surface area contributed by atoms with Crippen molar-refractivity contribution in [2.75, 3.05) is 0 Å². The maximum absolute atomic E-state index is 13.0. The molecule has 0 fully saturated rings. The van der Waals surface area contributed by atoms with Crippen LogP contribution in [0.4, 0.5) is 4.39 Å². The van der Waals surface area contributed by atoms with Crippen molar-refractivity contribution in [2.45, 2.75) is 26.3 Å². The molecule has 104 valence electrons. The lowest BCUT2D eigenvalue weighted by Gasteiger charge is -2.08. The predicted octanol–water partition coefficient (Wildman–Crippen LogP) is 2.95. The molecule has 0 aliphatic carbocycles. The fourth-order valence-electron chi connectivity index (χ4n) is 2.27. The van der Waals surface area contributed by atoms with E-state index in [0.29, 0.717) is 19.4 Å². The first kappa shape index (κ1) is 14.4. The minimum atomic E-state index is -0.271. The van der Waals surface area contributed by atoms with Crippen LogP contribution in [-0.4, -0.2) is 5.78 Å². The van der Waals surface area contributed by atoms with Gasteiger partial charge in [0.1, 0.15) is 11.6 Å². The Hall–Kier alpha value is -2.00. The summed E-state index contributed by atoms with van der Waals surface area (Å²) in [5, 5.41) is 0. The number of hydrogen-bond donors (Lipinski definition) is 1. The molecular formula is C17H18FNO. The van der Waals surface area contributed by atoms with Crippen LogP contribution in [0, 0.1) is 12.7 Å². The van der Waals surface area contributed by atoms with Crippen LogP contribution in [0.1, 0.15) is 22.3 Å². The van der Waals surface area contributed by atoms with E-state index in [0.717, 1.165) is 22.3 Å². The lowest BCUT2D eigenvalue weighted by atomic mass is 9.97. The Morgan fingerprint density at radius 3 is 2.35 bits per heavy atom. The van der Waals surface area contributed by atoms with Crippen LogP contribution in [-0.2, 0) is 24.2 Å². The van der Waals surface area contributed by atoms with Gasteiger partial charge in [-0.1, -0.05) is 30.3 Å². The zero-order chi connectivity index (χ0) is 14.5. The van der Waals surface area contributed by atoms with Gasteiger partial charge in [-0.15, -0.1) is 0 Å². The third kappa shape index (κ3) is 3.52. The summed E-state index contributed by atoms with van der Waals surface area (Å²) in [6.07, 6.45) is 0.690. The van der Waals surface area contributed by atoms with Crippen LogP contribution in [0.25, 0.3) is 0 Å². The average Bonchev–Trinajstić information content (AvgIpc) is 2.42. The molecule has 0 saturated heterocycles. The number of carbonyl (C=O) groups is 1. The third-order valence-corrected chi connectivity index (χ3v) is 3.42. The SMILES string of the molecule is Cc1cc(F)ccc1CC(=O)Cc1ccccc1CN. The number of aryl methyl sites for hydroxylation is 1. The predicted molar refractivity (Wildman–Crippen MR) is 77.9 cm³/mol. The normalized spacial score (nSPS) is 10.6. The van der Waals surface area contributed by atoms with Crippen molar-refractivity contribution in [3.63, 3.8) is 0 Å². The van der Waals surface area contributed by atoms with E-state index in [1.54, 1.807) is 6.07 Å². The highest BCUT2D eigenvalue weighted by atomic mass is 19.1. The van der Waals surface area contributed by atoms with Gasteiger partial charge in [-0.05, 0) is 41.3 Å². The molecule has 0 bridgehead atoms. The van der Waals surface area contributed by atoms with E-state index in [1.807, 2.05) is 31.2 Å². The first-order valence-corrected chi connectivity index (χ1v) is 6.63. The highest BCUT2D eigenvalue weighted by Crippen LogP contribution is 2.14. The Bertz CT molecular complexity index is 622. The molecule has 2 nitrogen and oxygen atoms in total. The molecule has 2 rings (SSSR count). The zero-order valence-electron chi connectivity index (χ0n) is 11.5. The van der Waals surface area contributed by atoms with Gasteiger partial charge in [0.15, 0.2) is 0 Å². The molecule has 0 atom stereocenters. The van der Waals surface area contributed by atoms with E-state index >= 15 is 0 Å². The number of nitrogens with two attached hydrogens (primary N) is 1. The van der Waals surface area contributed by atoms with Gasteiger partial charge < -0.3 is 5.73 Å². The van der Waals surface area contributed by atoms with E-state index in [1.165, 1.54) is 12.1 Å². The molecule has 20 heavy (non-hydrogen) atoms. The molecule has 3 heteroatoms. The number of benzene rings is 2. The third-order valence-electron chi connectivity index (χ3n) is 3.42. The molecule has 2 aromatic rings. The molecule has 0 heterocycles. The number of ketones is 1. The fourth-order valence-corrected chi connectivity index (χ4v) is 2.27. The summed E-state index contributed by atoms with van der Waals surface area (Å²) < 4.78 is 13.0. The van der Waals surface area contributed by atoms with Crippen molar-refractivity contribution in [3.8, 4) is 0 Å². The van der Waals surface area contributed by atoms with Crippen LogP contribution in [0.15, 0.2) is 42.5 Å². The topological polar surface area (TPSA) is 43.1 Å². The molecule has 0 unspecified atom stereocenters. The molecule has 2 aromatic carbocycles. The summed E-state index contributed by atoms with van der Waals surface area (Å²) in [6, 6.07) is 12.2. The van der Waals surface area contributed by atoms with E-state index in [4.69, 9.17) is 5.73 Å². The molecule has 0 aliphatic heterocycles. The average molecular weight is 271 g/mol. The van der Waals surface area contributed by atoms with Crippen molar-refractivity contribution in [1.82, 2.24) is 0 Å². The van der Waals surface area contributed by atoms with Crippen molar-refractivity contribution < 1.29 is 9.18 Å².